The Balaban J connectivity index is 0.00000625. The van der Waals surface area contributed by atoms with Crippen LogP contribution in [0, 0.1) is 13.8 Å². The third kappa shape index (κ3) is 10.4. The Morgan fingerprint density at radius 1 is 0.868 bits per heavy atom. The van der Waals surface area contributed by atoms with Gasteiger partial charge in [0.15, 0.2) is 0 Å². The Morgan fingerprint density at radius 3 is 2.13 bits per heavy atom. The van der Waals surface area contributed by atoms with E-state index in [1.165, 1.54) is 11.0 Å². The van der Waals surface area contributed by atoms with Gasteiger partial charge in [-0.05, 0) is 117 Å². The fourth-order valence-corrected chi connectivity index (χ4v) is 9.45. The molecule has 0 aliphatic carbocycles. The number of piperazine rings is 1. The number of hydrogen-bond acceptors (Lipinski definition) is 12. The number of amidine groups is 1. The van der Waals surface area contributed by atoms with Crippen molar-refractivity contribution in [1.29, 1.82) is 0 Å². The quantitative estimate of drug-likeness (QED) is 0.105. The number of nitrogens with zero attached hydrogens (tertiary/aromatic N) is 7. The van der Waals surface area contributed by atoms with Gasteiger partial charge in [-0.2, -0.15) is 5.10 Å². The number of aryl methyl sites for hydroxylation is 2. The van der Waals surface area contributed by atoms with E-state index in [0.29, 0.717) is 44.9 Å². The third-order valence-electron chi connectivity index (χ3n) is 12.6. The van der Waals surface area contributed by atoms with Crippen molar-refractivity contribution in [2.45, 2.75) is 64.4 Å². The minimum atomic E-state index is -1.38. The number of nitrogens with one attached hydrogen (secondary N) is 1. The van der Waals surface area contributed by atoms with Crippen molar-refractivity contribution in [3.05, 3.63) is 164 Å². The van der Waals surface area contributed by atoms with E-state index in [0.717, 1.165) is 66.4 Å². The van der Waals surface area contributed by atoms with Gasteiger partial charge in [-0.25, -0.2) is 18.8 Å². The molecule has 353 valence electrons. The molecule has 3 unspecified atom stereocenters. The molecule has 1 radical (unpaired) electrons. The number of carbonyl (C=O) groups excluding carboxylic acids is 1. The van der Waals surface area contributed by atoms with Gasteiger partial charge in [0.05, 0.1) is 28.9 Å². The smallest absolute Gasteiger partial charge is 0.350 e. The Bertz CT molecular complexity index is 2850. The van der Waals surface area contributed by atoms with Crippen molar-refractivity contribution in [3.63, 3.8) is 0 Å². The second-order valence-corrected chi connectivity index (χ2v) is 18.1. The molecule has 2 saturated heterocycles. The Hall–Kier alpha value is -5.97. The van der Waals surface area contributed by atoms with E-state index in [9.17, 15) is 9.59 Å². The first-order valence-electron chi connectivity index (χ1n) is 22.4. The lowest BCUT2D eigenvalue weighted by Gasteiger charge is -2.37. The maximum atomic E-state index is 13.1. The molecule has 3 aliphatic heterocycles. The highest BCUT2D eigenvalue weighted by atomic mass is 79.9. The first kappa shape index (κ1) is 48.5. The van der Waals surface area contributed by atoms with Crippen LogP contribution in [0.5, 0.6) is 11.5 Å². The van der Waals surface area contributed by atoms with Crippen molar-refractivity contribution in [1.82, 2.24) is 24.8 Å². The molecule has 0 spiro atoms. The first-order chi connectivity index (χ1) is 32.4. The molecular weight excluding hydrogens is 971 g/mol. The minimum absolute atomic E-state index is 0. The standard InChI is InChI=1S/C51H52Cl2N8O6.BrH/c1-5-36(4)61-49(63)60(33-56-61)42-14-12-40(13-15-42)58-21-23-59(24-22-58)41-16-18-43(19-17-41)64-30-50(28-37-25-34(2)47(35(3)26-37)66-48(62)38-9-7-6-8-10-38)31-65-51(67-50,29-46-54-32-55-57-46)44-20-11-39(52)27-45(44)53;/h6-20,25-27,32-33,36H,5,21-24,28-31H2,1-4H3,(H,55,57);1H/q+1;/p-1. The predicted molar refractivity (Wildman–Crippen MR) is 262 cm³/mol. The molecule has 3 atom stereocenters. The Morgan fingerprint density at radius 2 is 1.51 bits per heavy atom. The zero-order valence-electron chi connectivity index (χ0n) is 38.2. The van der Waals surface area contributed by atoms with E-state index in [1.54, 1.807) is 47.3 Å². The molecule has 1 aromatic heterocycles. The highest BCUT2D eigenvalue weighted by Crippen LogP contribution is 2.47. The normalized spacial score (nSPS) is 19.3. The number of aliphatic imine (C=N–C) groups is 1. The van der Waals surface area contributed by atoms with Crippen LogP contribution in [0.4, 0.5) is 11.4 Å². The lowest BCUT2D eigenvalue weighted by molar-refractivity contribution is -0.196. The van der Waals surface area contributed by atoms with Gasteiger partial charge in [0.2, 0.25) is 5.79 Å². The molecule has 6 aromatic rings. The minimum Gasteiger partial charge on any atom is -1.00 e. The molecule has 68 heavy (non-hydrogen) atoms. The Labute approximate surface area is 415 Å². The summed E-state index contributed by atoms with van der Waals surface area (Å²) < 4.78 is 29.6. The van der Waals surface area contributed by atoms with Crippen LogP contribution < -0.4 is 52.4 Å². The zero-order chi connectivity index (χ0) is 46.7. The van der Waals surface area contributed by atoms with E-state index in [2.05, 4.69) is 54.7 Å². The number of rotatable bonds is 15. The highest BCUT2D eigenvalue weighted by Gasteiger charge is 2.55. The molecule has 1 N–H and O–H groups in total. The molecule has 2 fully saturated rings. The third-order valence-corrected chi connectivity index (χ3v) is 13.1. The monoisotopic (exact) mass is 1020 g/mol. The second kappa shape index (κ2) is 20.7. The van der Waals surface area contributed by atoms with E-state index < -0.39 is 17.4 Å². The molecule has 9 rings (SSSR count). The molecule has 5 aromatic carbocycles. The molecule has 0 amide bonds. The number of carbonyl (C=O) groups is 1. The van der Waals surface area contributed by atoms with Gasteiger partial charge < -0.3 is 45.7 Å². The number of benzene rings is 5. The summed E-state index contributed by atoms with van der Waals surface area (Å²) in [5, 5.41) is 9.52. The number of esters is 1. The van der Waals surface area contributed by atoms with Gasteiger partial charge in [0.25, 0.3) is 6.34 Å². The molecule has 0 bridgehead atoms. The SMILES string of the molecule is CCC(C)n1ncn(-c2ccc(N3CCN(c4ccc(OCC5(Cc6cc(C)c(OC(=O)c7ccccc7)c(C)c6)COC(CC6=NNC=[N+]6)(c6ccc(Cl)cc6Cl)O5)cc4)CC3)cc2)c1=O.[Br-]. The maximum Gasteiger partial charge on any atom is 0.350 e. The fourth-order valence-electron chi connectivity index (χ4n) is 8.89. The summed E-state index contributed by atoms with van der Waals surface area (Å²) in [7, 11) is 0. The van der Waals surface area contributed by atoms with Crippen molar-refractivity contribution in [2.24, 2.45) is 5.10 Å². The number of hydrogen-bond donors (Lipinski definition) is 1. The summed E-state index contributed by atoms with van der Waals surface area (Å²) >= 11 is 13.3. The summed E-state index contributed by atoms with van der Waals surface area (Å²) in [5.41, 5.74) is 8.22. The van der Waals surface area contributed by atoms with Crippen molar-refractivity contribution >= 4 is 52.7 Å². The summed E-state index contributed by atoms with van der Waals surface area (Å²) in [4.78, 5) is 35.2. The van der Waals surface area contributed by atoms with Gasteiger partial charge in [-0.3, -0.25) is 0 Å². The number of hydrazone groups is 1. The average Bonchev–Trinajstić information content (AvgIpc) is 4.09. The fraction of sp³-hybridized carbons (Fsp3) is 0.314. The number of ether oxygens (including phenoxy) is 4. The van der Waals surface area contributed by atoms with Crippen LogP contribution in [0.1, 0.15) is 65.3 Å². The van der Waals surface area contributed by atoms with E-state index in [1.807, 2.05) is 76.2 Å². The Kier molecular flexibility index (Phi) is 14.8. The predicted octanol–water partition coefficient (Wildman–Crippen LogP) is 5.41. The van der Waals surface area contributed by atoms with Crippen molar-refractivity contribution < 1.29 is 40.7 Å². The molecular formula is C51H52BrCl2N8O6. The summed E-state index contributed by atoms with van der Waals surface area (Å²) in [6, 6.07) is 34.4. The van der Waals surface area contributed by atoms with Crippen LogP contribution in [0.25, 0.3) is 5.69 Å². The van der Waals surface area contributed by atoms with Crippen LogP contribution >= 0.6 is 23.2 Å². The van der Waals surface area contributed by atoms with Crippen LogP contribution in [0.3, 0.4) is 0 Å². The number of anilines is 2. The van der Waals surface area contributed by atoms with Crippen molar-refractivity contribution in [3.8, 4) is 17.2 Å². The van der Waals surface area contributed by atoms with Crippen LogP contribution in [0.15, 0.2) is 125 Å². The van der Waals surface area contributed by atoms with Crippen LogP contribution in [-0.4, -0.2) is 77.5 Å². The van der Waals surface area contributed by atoms with E-state index in [4.69, 9.17) is 42.1 Å². The van der Waals surface area contributed by atoms with Gasteiger partial charge in [-0.1, -0.05) is 71.5 Å². The number of halogens is 3. The lowest BCUT2D eigenvalue weighted by Crippen LogP contribution is -3.00. The summed E-state index contributed by atoms with van der Waals surface area (Å²) in [5.74, 6) is -0.146. The summed E-state index contributed by atoms with van der Waals surface area (Å²) in [6.07, 6.45) is 4.48. The lowest BCUT2D eigenvalue weighted by atomic mass is 9.93. The van der Waals surface area contributed by atoms with Crippen molar-refractivity contribution in [2.75, 3.05) is 49.2 Å². The zero-order valence-corrected chi connectivity index (χ0v) is 41.3. The largest absolute Gasteiger partial charge is 1.00 e. The molecule has 4 heterocycles. The summed E-state index contributed by atoms with van der Waals surface area (Å²) in [6.45, 7) is 11.5. The van der Waals surface area contributed by atoms with Gasteiger partial charge >= 0.3 is 17.5 Å². The molecule has 14 nitrogen and oxygen atoms in total. The van der Waals surface area contributed by atoms with Gasteiger partial charge in [-0.15, -0.1) is 5.43 Å². The number of aromatic nitrogens is 3. The molecule has 17 heteroatoms. The average molecular weight is 1020 g/mol. The van der Waals surface area contributed by atoms with E-state index >= 15 is 0 Å². The van der Waals surface area contributed by atoms with Crippen LogP contribution in [0.2, 0.25) is 10.0 Å². The van der Waals surface area contributed by atoms with E-state index in [-0.39, 0.29) is 48.3 Å². The molecule has 3 aliphatic rings. The second-order valence-electron chi connectivity index (χ2n) is 17.3. The van der Waals surface area contributed by atoms with Gasteiger partial charge in [0, 0.05) is 59.7 Å². The maximum absolute atomic E-state index is 13.1. The van der Waals surface area contributed by atoms with Gasteiger partial charge in [0.1, 0.15) is 36.5 Å². The topological polar surface area (TPSA) is 139 Å². The first-order valence-corrected chi connectivity index (χ1v) is 23.2. The molecule has 0 saturated carbocycles. The highest BCUT2D eigenvalue weighted by molar-refractivity contribution is 6.35. The van der Waals surface area contributed by atoms with Crippen LogP contribution in [-0.2, 0) is 21.7 Å².